The average molecular weight is 274 g/mol. The Morgan fingerprint density at radius 1 is 1.67 bits per heavy atom. The van der Waals surface area contributed by atoms with Crippen LogP contribution in [0.5, 0.6) is 0 Å². The molecule has 6 nitrogen and oxygen atoms in total. The van der Waals surface area contributed by atoms with E-state index in [9.17, 15) is 9.90 Å². The lowest BCUT2D eigenvalue weighted by molar-refractivity contribution is 0.179. The number of hydrogen-bond acceptors (Lipinski definition) is 4. The summed E-state index contributed by atoms with van der Waals surface area (Å²) in [4.78, 5) is 14.4. The molecule has 2 heterocycles. The summed E-state index contributed by atoms with van der Waals surface area (Å²) in [7, 11) is 1.62. The van der Waals surface area contributed by atoms with Gasteiger partial charge in [0, 0.05) is 24.4 Å². The predicted octanol–water partition coefficient (Wildman–Crippen LogP) is 1.38. The molecule has 1 aromatic heterocycles. The summed E-state index contributed by atoms with van der Waals surface area (Å²) in [6.45, 7) is 4.10. The second-order valence-corrected chi connectivity index (χ2v) is 5.35. The normalized spacial score (nSPS) is 20.9. The van der Waals surface area contributed by atoms with E-state index in [1.807, 2.05) is 13.8 Å². The molecule has 1 N–H and O–H groups in total. The number of carbonyl (C=O) groups is 1. The molecule has 0 saturated carbocycles. The second-order valence-electron chi connectivity index (χ2n) is 5.08. The van der Waals surface area contributed by atoms with Crippen LogP contribution in [0.4, 0.5) is 10.7 Å². The molecule has 0 aromatic carbocycles. The van der Waals surface area contributed by atoms with Crippen LogP contribution in [-0.2, 0) is 5.41 Å². The van der Waals surface area contributed by atoms with Gasteiger partial charge in [-0.25, -0.2) is 9.69 Å². The summed E-state index contributed by atoms with van der Waals surface area (Å²) in [5, 5.41) is 13.7. The molecule has 1 aliphatic heterocycles. The van der Waals surface area contributed by atoms with Gasteiger partial charge in [0.25, 0.3) is 0 Å². The number of anilines is 1. The predicted molar refractivity (Wildman–Crippen MR) is 66.8 cm³/mol. The fraction of sp³-hybridized carbons (Fsp3) is 0.636. The van der Waals surface area contributed by atoms with Gasteiger partial charge in [-0.15, -0.1) is 11.6 Å². The minimum atomic E-state index is -0.914. The van der Waals surface area contributed by atoms with Crippen molar-refractivity contribution in [3.63, 3.8) is 0 Å². The zero-order valence-electron chi connectivity index (χ0n) is 10.6. The third-order valence-electron chi connectivity index (χ3n) is 3.03. The molecule has 2 rings (SSSR count). The maximum absolute atomic E-state index is 11.8. The van der Waals surface area contributed by atoms with E-state index in [1.54, 1.807) is 13.1 Å². The van der Waals surface area contributed by atoms with Crippen molar-refractivity contribution in [2.75, 3.05) is 24.4 Å². The molecular formula is C11H16ClN3O3. The second kappa shape index (κ2) is 4.44. The van der Waals surface area contributed by atoms with Crippen molar-refractivity contribution in [1.29, 1.82) is 0 Å². The molecule has 1 unspecified atom stereocenters. The van der Waals surface area contributed by atoms with Crippen molar-refractivity contribution < 1.29 is 14.4 Å². The fourth-order valence-electron chi connectivity index (χ4n) is 1.72. The minimum Gasteiger partial charge on any atom is -0.371 e. The third-order valence-corrected chi connectivity index (χ3v) is 3.70. The number of β-amino-alcohol motifs (C(OH)–C–C–N with tert-alkyl or cyclic N) is 1. The van der Waals surface area contributed by atoms with Crippen molar-refractivity contribution in [1.82, 2.24) is 10.1 Å². The average Bonchev–Trinajstić information content (AvgIpc) is 2.86. The first-order chi connectivity index (χ1) is 8.36. The van der Waals surface area contributed by atoms with Crippen molar-refractivity contribution in [3.8, 4) is 0 Å². The van der Waals surface area contributed by atoms with Crippen LogP contribution in [0, 0.1) is 0 Å². The lowest BCUT2D eigenvalue weighted by Gasteiger charge is -2.17. The number of aliphatic hydroxyl groups is 1. The number of nitrogens with zero attached hydrogens (tertiary/aromatic N) is 3. The summed E-state index contributed by atoms with van der Waals surface area (Å²) < 4.78 is 5.14. The third kappa shape index (κ3) is 2.06. The summed E-state index contributed by atoms with van der Waals surface area (Å²) in [6.07, 6.45) is -0.914. The van der Waals surface area contributed by atoms with Crippen LogP contribution in [0.1, 0.15) is 19.5 Å². The quantitative estimate of drug-likeness (QED) is 0.845. The molecule has 7 heteroatoms. The smallest absolute Gasteiger partial charge is 0.329 e. The summed E-state index contributed by atoms with van der Waals surface area (Å²) in [5.41, 5.74) is 0.310. The summed E-state index contributed by atoms with van der Waals surface area (Å²) >= 11 is 5.86. The first-order valence-electron chi connectivity index (χ1n) is 5.62. The van der Waals surface area contributed by atoms with Gasteiger partial charge in [0.1, 0.15) is 0 Å². The monoisotopic (exact) mass is 273 g/mol. The van der Waals surface area contributed by atoms with E-state index in [0.717, 1.165) is 0 Å². The standard InChI is InChI=1S/C11H16ClN3O3/c1-11(2,6-12)7-4-9(18-13-7)15-8(16)5-14(3)10(15)17/h4,8,16H,5-6H2,1-3H3. The van der Waals surface area contributed by atoms with Gasteiger partial charge in [0.15, 0.2) is 6.23 Å². The molecular weight excluding hydrogens is 258 g/mol. The Kier molecular flexibility index (Phi) is 3.25. The zero-order valence-corrected chi connectivity index (χ0v) is 11.3. The summed E-state index contributed by atoms with van der Waals surface area (Å²) in [5.74, 6) is 0.625. The number of amides is 2. The van der Waals surface area contributed by atoms with Crippen LogP contribution in [0.25, 0.3) is 0 Å². The Labute approximate surface area is 110 Å². The van der Waals surface area contributed by atoms with Crippen LogP contribution < -0.4 is 4.90 Å². The molecule has 2 amide bonds. The largest absolute Gasteiger partial charge is 0.371 e. The van der Waals surface area contributed by atoms with Gasteiger partial charge in [-0.1, -0.05) is 19.0 Å². The number of likely N-dealkylation sites (N-methyl/N-ethyl adjacent to an activating group) is 1. The molecule has 0 aliphatic carbocycles. The molecule has 100 valence electrons. The first kappa shape index (κ1) is 13.2. The maximum atomic E-state index is 11.8. The number of hydrogen-bond donors (Lipinski definition) is 1. The van der Waals surface area contributed by atoms with Crippen LogP contribution >= 0.6 is 11.6 Å². The molecule has 1 atom stereocenters. The van der Waals surface area contributed by atoms with Crippen LogP contribution in [0.3, 0.4) is 0 Å². The molecule has 0 bridgehead atoms. The van der Waals surface area contributed by atoms with E-state index >= 15 is 0 Å². The molecule has 0 spiro atoms. The SMILES string of the molecule is CN1CC(O)N(c2cc(C(C)(C)CCl)no2)C1=O. The van der Waals surface area contributed by atoms with Crippen LogP contribution in [-0.4, -0.2) is 46.9 Å². The van der Waals surface area contributed by atoms with E-state index in [2.05, 4.69) is 5.16 Å². The molecule has 0 radical (unpaired) electrons. The highest BCUT2D eigenvalue weighted by Gasteiger charge is 2.38. The Balaban J connectivity index is 2.28. The van der Waals surface area contributed by atoms with Crippen LogP contribution in [0.2, 0.25) is 0 Å². The van der Waals surface area contributed by atoms with Gasteiger partial charge in [-0.2, -0.15) is 0 Å². The number of aromatic nitrogens is 1. The van der Waals surface area contributed by atoms with Crippen molar-refractivity contribution in [2.45, 2.75) is 25.5 Å². The Morgan fingerprint density at radius 3 is 2.83 bits per heavy atom. The number of rotatable bonds is 3. The van der Waals surface area contributed by atoms with E-state index in [1.165, 1.54) is 9.80 Å². The van der Waals surface area contributed by atoms with E-state index in [4.69, 9.17) is 16.1 Å². The Bertz CT molecular complexity index is 460. The fourth-order valence-corrected chi connectivity index (χ4v) is 1.86. The van der Waals surface area contributed by atoms with Crippen molar-refractivity contribution >= 4 is 23.5 Å². The highest BCUT2D eigenvalue weighted by Crippen LogP contribution is 2.30. The maximum Gasteiger partial charge on any atom is 0.329 e. The van der Waals surface area contributed by atoms with Crippen molar-refractivity contribution in [2.24, 2.45) is 0 Å². The lowest BCUT2D eigenvalue weighted by Crippen LogP contribution is -2.33. The molecule has 1 aliphatic rings. The summed E-state index contributed by atoms with van der Waals surface area (Å²) in [6, 6.07) is 1.33. The molecule has 1 aromatic rings. The molecule has 1 fully saturated rings. The highest BCUT2D eigenvalue weighted by molar-refractivity contribution is 6.18. The Hall–Kier alpha value is -1.27. The van der Waals surface area contributed by atoms with E-state index in [-0.39, 0.29) is 23.9 Å². The zero-order chi connectivity index (χ0) is 13.5. The first-order valence-corrected chi connectivity index (χ1v) is 6.16. The number of urea groups is 1. The van der Waals surface area contributed by atoms with Gasteiger partial charge < -0.3 is 14.5 Å². The van der Waals surface area contributed by atoms with Gasteiger partial charge in [0.05, 0.1) is 12.2 Å². The minimum absolute atomic E-state index is 0.241. The van der Waals surface area contributed by atoms with Gasteiger partial charge in [-0.3, -0.25) is 0 Å². The lowest BCUT2D eigenvalue weighted by atomic mass is 9.92. The van der Waals surface area contributed by atoms with Gasteiger partial charge in [0.2, 0.25) is 5.88 Å². The number of halogens is 1. The van der Waals surface area contributed by atoms with Crippen LogP contribution in [0.15, 0.2) is 10.6 Å². The molecule has 18 heavy (non-hydrogen) atoms. The van der Waals surface area contributed by atoms with Gasteiger partial charge >= 0.3 is 6.03 Å². The number of alkyl halides is 1. The molecule has 1 saturated heterocycles. The van der Waals surface area contributed by atoms with Crippen molar-refractivity contribution in [3.05, 3.63) is 11.8 Å². The van der Waals surface area contributed by atoms with E-state index < -0.39 is 6.23 Å². The highest BCUT2D eigenvalue weighted by atomic mass is 35.5. The van der Waals surface area contributed by atoms with Gasteiger partial charge in [-0.05, 0) is 0 Å². The Morgan fingerprint density at radius 2 is 2.33 bits per heavy atom. The topological polar surface area (TPSA) is 69.8 Å². The number of carbonyl (C=O) groups excluding carboxylic acids is 1. The number of aliphatic hydroxyl groups excluding tert-OH is 1. The van der Waals surface area contributed by atoms with E-state index in [0.29, 0.717) is 11.6 Å².